The lowest BCUT2D eigenvalue weighted by Crippen LogP contribution is -2.50. The lowest BCUT2D eigenvalue weighted by Gasteiger charge is -2.38. The Bertz CT molecular complexity index is 1240. The van der Waals surface area contributed by atoms with Crippen LogP contribution in [0.15, 0.2) is 36.4 Å². The van der Waals surface area contributed by atoms with Crippen LogP contribution in [0.4, 0.5) is 16.2 Å². The van der Waals surface area contributed by atoms with E-state index < -0.39 is 12.3 Å². The number of unbranched alkanes of at least 4 members (excludes halogenated alkanes) is 1. The number of carbonyl (C=O) groups excluding carboxylic acids is 2. The van der Waals surface area contributed by atoms with Gasteiger partial charge in [-0.2, -0.15) is 0 Å². The number of piperazine rings is 1. The maximum atomic E-state index is 13.2. The molecule has 43 heavy (non-hydrogen) atoms. The summed E-state index contributed by atoms with van der Waals surface area (Å²) in [4.78, 5) is 34.3. The smallest absolute Gasteiger partial charge is 0.411 e. The molecule has 0 radical (unpaired) electrons. The molecule has 0 N–H and O–H groups in total. The minimum absolute atomic E-state index is 0.0340. The number of carbonyl (C=O) groups is 2. The normalized spacial score (nSPS) is 16.4. The second-order valence-electron chi connectivity index (χ2n) is 12.6. The van der Waals surface area contributed by atoms with Crippen molar-refractivity contribution < 1.29 is 19.1 Å². The molecule has 2 heterocycles. The van der Waals surface area contributed by atoms with Gasteiger partial charge in [0.1, 0.15) is 5.75 Å². The first-order valence-corrected chi connectivity index (χ1v) is 16.1. The standard InChI is InChI=1S/C34H49ClN4O4/c1-24(2)23-36(6)34(41)43-33(25(3)4)39-31-22-28(14-12-27(31)13-15-32(39)40)42-21-8-7-16-37-17-19-38(20-18-37)30-11-9-10-29(35)26(30)5/h9-12,14,22,24-25,33H,7-8,13,15-21,23H2,1-6H3. The van der Waals surface area contributed by atoms with E-state index in [0.29, 0.717) is 31.9 Å². The van der Waals surface area contributed by atoms with E-state index in [2.05, 4.69) is 36.6 Å². The summed E-state index contributed by atoms with van der Waals surface area (Å²) in [6, 6.07) is 12.1. The van der Waals surface area contributed by atoms with Gasteiger partial charge in [-0.05, 0) is 68.0 Å². The fourth-order valence-electron chi connectivity index (χ4n) is 5.93. The maximum absolute atomic E-state index is 13.2. The van der Waals surface area contributed by atoms with Gasteiger partial charge < -0.3 is 19.3 Å². The Labute approximate surface area is 262 Å². The second-order valence-corrected chi connectivity index (χ2v) is 13.0. The zero-order valence-electron chi connectivity index (χ0n) is 26.8. The summed E-state index contributed by atoms with van der Waals surface area (Å²) < 4.78 is 12.1. The SMILES string of the molecule is Cc1c(Cl)cccc1N1CCN(CCCCOc2ccc3c(c2)N(C(OC(=O)N(C)CC(C)C)C(C)C)C(=O)CC3)CC1. The third-order valence-electron chi connectivity index (χ3n) is 8.28. The van der Waals surface area contributed by atoms with Crippen LogP contribution >= 0.6 is 11.6 Å². The zero-order chi connectivity index (χ0) is 31.1. The second kappa shape index (κ2) is 15.2. The van der Waals surface area contributed by atoms with Crippen molar-refractivity contribution in [3.05, 3.63) is 52.5 Å². The summed E-state index contributed by atoms with van der Waals surface area (Å²) in [5.41, 5.74) is 4.23. The summed E-state index contributed by atoms with van der Waals surface area (Å²) in [5.74, 6) is 0.941. The Balaban J connectivity index is 1.29. The summed E-state index contributed by atoms with van der Waals surface area (Å²) in [5, 5.41) is 0.825. The predicted molar refractivity (Wildman–Crippen MR) is 174 cm³/mol. The van der Waals surface area contributed by atoms with Gasteiger partial charge in [0.25, 0.3) is 0 Å². The molecule has 8 nitrogen and oxygen atoms in total. The fourth-order valence-corrected chi connectivity index (χ4v) is 6.10. The van der Waals surface area contributed by atoms with Crippen molar-refractivity contribution in [3.63, 3.8) is 0 Å². The quantitative estimate of drug-likeness (QED) is 0.251. The first kappa shape index (κ1) is 32.9. The van der Waals surface area contributed by atoms with E-state index in [1.165, 1.54) is 5.69 Å². The molecule has 236 valence electrons. The number of ether oxygens (including phenoxy) is 2. The van der Waals surface area contributed by atoms with Gasteiger partial charge in [-0.25, -0.2) is 4.79 Å². The number of rotatable bonds is 12. The molecule has 2 aliphatic rings. The lowest BCUT2D eigenvalue weighted by atomic mass is 9.98. The molecule has 1 fully saturated rings. The highest BCUT2D eigenvalue weighted by atomic mass is 35.5. The van der Waals surface area contributed by atoms with Crippen LogP contribution in [0.5, 0.6) is 5.75 Å². The molecule has 0 spiro atoms. The highest BCUT2D eigenvalue weighted by molar-refractivity contribution is 6.31. The number of fused-ring (bicyclic) bond motifs is 1. The first-order valence-electron chi connectivity index (χ1n) is 15.8. The Morgan fingerprint density at radius 1 is 1.00 bits per heavy atom. The number of anilines is 2. The van der Waals surface area contributed by atoms with Crippen molar-refractivity contribution in [2.75, 3.05) is 62.7 Å². The molecule has 2 aromatic carbocycles. The molecule has 2 amide bonds. The molecular weight excluding hydrogens is 564 g/mol. The molecule has 0 bridgehead atoms. The van der Waals surface area contributed by atoms with Crippen molar-refractivity contribution in [2.24, 2.45) is 11.8 Å². The highest BCUT2D eigenvalue weighted by Gasteiger charge is 2.35. The summed E-state index contributed by atoms with van der Waals surface area (Å²) in [6.45, 7) is 16.5. The minimum atomic E-state index is -0.688. The minimum Gasteiger partial charge on any atom is -0.494 e. The fraction of sp³-hybridized carbons (Fsp3) is 0.588. The van der Waals surface area contributed by atoms with E-state index in [-0.39, 0.29) is 11.8 Å². The van der Waals surface area contributed by atoms with Gasteiger partial charge in [0.05, 0.1) is 12.3 Å². The third kappa shape index (κ3) is 8.57. The first-order chi connectivity index (χ1) is 20.5. The van der Waals surface area contributed by atoms with Crippen LogP contribution in [0, 0.1) is 18.8 Å². The average Bonchev–Trinajstić information content (AvgIpc) is 2.97. The predicted octanol–water partition coefficient (Wildman–Crippen LogP) is 6.62. The van der Waals surface area contributed by atoms with Crippen LogP contribution in [0.3, 0.4) is 0 Å². The monoisotopic (exact) mass is 612 g/mol. The van der Waals surface area contributed by atoms with Crippen molar-refractivity contribution >= 4 is 35.0 Å². The van der Waals surface area contributed by atoms with Crippen molar-refractivity contribution in [2.45, 2.75) is 66.5 Å². The number of hydrogen-bond acceptors (Lipinski definition) is 6. The molecule has 0 aliphatic carbocycles. The van der Waals surface area contributed by atoms with Crippen LogP contribution in [0.2, 0.25) is 5.02 Å². The van der Waals surface area contributed by atoms with Crippen LogP contribution in [0.25, 0.3) is 0 Å². The number of benzene rings is 2. The van der Waals surface area contributed by atoms with Gasteiger partial charge in [-0.3, -0.25) is 14.6 Å². The number of amides is 2. The maximum Gasteiger partial charge on any atom is 0.411 e. The van der Waals surface area contributed by atoms with E-state index in [9.17, 15) is 9.59 Å². The number of halogens is 1. The largest absolute Gasteiger partial charge is 0.494 e. The van der Waals surface area contributed by atoms with Crippen molar-refractivity contribution in [3.8, 4) is 5.75 Å². The van der Waals surface area contributed by atoms with Gasteiger partial charge in [0.15, 0.2) is 6.23 Å². The molecule has 0 aromatic heterocycles. The molecule has 2 aromatic rings. The molecule has 9 heteroatoms. The van der Waals surface area contributed by atoms with Crippen LogP contribution in [0.1, 0.15) is 58.1 Å². The zero-order valence-corrected chi connectivity index (χ0v) is 27.5. The Kier molecular flexibility index (Phi) is 11.6. The summed E-state index contributed by atoms with van der Waals surface area (Å²) in [7, 11) is 1.74. The average molecular weight is 613 g/mol. The van der Waals surface area contributed by atoms with E-state index in [4.69, 9.17) is 21.1 Å². The van der Waals surface area contributed by atoms with E-state index in [1.54, 1.807) is 16.8 Å². The van der Waals surface area contributed by atoms with Crippen LogP contribution in [-0.4, -0.2) is 81.0 Å². The van der Waals surface area contributed by atoms with Crippen LogP contribution in [-0.2, 0) is 16.0 Å². The van der Waals surface area contributed by atoms with E-state index in [0.717, 1.165) is 73.2 Å². The number of aryl methyl sites for hydroxylation is 1. The molecular formula is C34H49ClN4O4. The molecule has 1 unspecified atom stereocenters. The van der Waals surface area contributed by atoms with Gasteiger partial charge in [-0.1, -0.05) is 51.4 Å². The highest BCUT2D eigenvalue weighted by Crippen LogP contribution is 2.35. The van der Waals surface area contributed by atoms with Gasteiger partial charge >= 0.3 is 6.09 Å². The molecule has 0 saturated carbocycles. The lowest BCUT2D eigenvalue weighted by molar-refractivity contribution is -0.121. The molecule has 4 rings (SSSR count). The van der Waals surface area contributed by atoms with Gasteiger partial charge in [0, 0.05) is 68.9 Å². The summed E-state index contributed by atoms with van der Waals surface area (Å²) in [6.07, 6.45) is 1.96. The van der Waals surface area contributed by atoms with E-state index in [1.807, 2.05) is 44.2 Å². The van der Waals surface area contributed by atoms with Gasteiger partial charge in [0.2, 0.25) is 5.91 Å². The van der Waals surface area contributed by atoms with Gasteiger partial charge in [-0.15, -0.1) is 0 Å². The topological polar surface area (TPSA) is 65.6 Å². The van der Waals surface area contributed by atoms with Crippen molar-refractivity contribution in [1.29, 1.82) is 0 Å². The number of nitrogens with zero attached hydrogens (tertiary/aromatic N) is 4. The Morgan fingerprint density at radius 2 is 1.74 bits per heavy atom. The third-order valence-corrected chi connectivity index (χ3v) is 8.69. The molecule has 1 atom stereocenters. The van der Waals surface area contributed by atoms with Crippen LogP contribution < -0.4 is 14.5 Å². The Hall–Kier alpha value is -2.97. The van der Waals surface area contributed by atoms with Crippen molar-refractivity contribution in [1.82, 2.24) is 9.80 Å². The molecule has 2 aliphatic heterocycles. The van der Waals surface area contributed by atoms with E-state index >= 15 is 0 Å². The molecule has 1 saturated heterocycles. The summed E-state index contributed by atoms with van der Waals surface area (Å²) >= 11 is 6.34. The number of hydrogen-bond donors (Lipinski definition) is 0. The Morgan fingerprint density at radius 3 is 2.44 bits per heavy atom.